The molecular formula is C12H15Br. The molecule has 0 saturated heterocycles. The minimum Gasteiger partial charge on any atom is -0.0925 e. The quantitative estimate of drug-likeness (QED) is 0.539. The van der Waals surface area contributed by atoms with Gasteiger partial charge in [0.1, 0.15) is 0 Å². The van der Waals surface area contributed by atoms with E-state index in [0.717, 1.165) is 24.6 Å². The third-order valence-corrected chi connectivity index (χ3v) is 2.34. The summed E-state index contributed by atoms with van der Waals surface area (Å²) in [6.45, 7) is 0. The fourth-order valence-corrected chi connectivity index (χ4v) is 1.46. The van der Waals surface area contributed by atoms with Gasteiger partial charge >= 0.3 is 0 Å². The maximum atomic E-state index is 3.40. The molecule has 0 bridgehead atoms. The lowest BCUT2D eigenvalue weighted by Crippen LogP contribution is -1.81. The smallest absolute Gasteiger partial charge is 0.00659 e. The van der Waals surface area contributed by atoms with Gasteiger partial charge in [0.25, 0.3) is 0 Å². The first-order valence-electron chi connectivity index (χ1n) is 4.68. The zero-order valence-electron chi connectivity index (χ0n) is 7.75. The van der Waals surface area contributed by atoms with E-state index in [2.05, 4.69) is 58.4 Å². The van der Waals surface area contributed by atoms with Crippen LogP contribution < -0.4 is 0 Å². The van der Waals surface area contributed by atoms with E-state index in [1.807, 2.05) is 0 Å². The van der Waals surface area contributed by atoms with Gasteiger partial charge in [-0.2, -0.15) is 0 Å². The summed E-state index contributed by atoms with van der Waals surface area (Å²) in [6, 6.07) is 10.6. The van der Waals surface area contributed by atoms with Crippen molar-refractivity contribution in [3.8, 4) is 0 Å². The number of allylic oxidation sites excluding steroid dienone is 2. The van der Waals surface area contributed by atoms with Gasteiger partial charge in [0.05, 0.1) is 0 Å². The van der Waals surface area contributed by atoms with Crippen molar-refractivity contribution in [1.82, 2.24) is 0 Å². The lowest BCUT2D eigenvalue weighted by molar-refractivity contribution is 0.993. The molecule has 1 aromatic carbocycles. The number of halogens is 1. The minimum absolute atomic E-state index is 1.06. The lowest BCUT2D eigenvalue weighted by Gasteiger charge is -1.95. The SMILES string of the molecule is BrCCC=CCCc1ccccc1. The van der Waals surface area contributed by atoms with E-state index in [1.54, 1.807) is 0 Å². The Labute approximate surface area is 88.8 Å². The summed E-state index contributed by atoms with van der Waals surface area (Å²) in [6.07, 6.45) is 7.93. The van der Waals surface area contributed by atoms with Gasteiger partial charge in [0.15, 0.2) is 0 Å². The Morgan fingerprint density at radius 2 is 1.69 bits per heavy atom. The maximum absolute atomic E-state index is 3.40. The Bertz CT molecular complexity index is 239. The highest BCUT2D eigenvalue weighted by Gasteiger charge is 1.87. The molecule has 1 heteroatoms. The first kappa shape index (κ1) is 10.5. The van der Waals surface area contributed by atoms with Crippen LogP contribution in [0.1, 0.15) is 18.4 Å². The van der Waals surface area contributed by atoms with Crippen LogP contribution in [-0.4, -0.2) is 5.33 Å². The molecule has 0 aliphatic carbocycles. The Balaban J connectivity index is 2.20. The molecule has 0 amide bonds. The molecule has 0 spiro atoms. The van der Waals surface area contributed by atoms with Gasteiger partial charge in [0, 0.05) is 5.33 Å². The molecule has 0 nitrogen and oxygen atoms in total. The third-order valence-electron chi connectivity index (χ3n) is 1.88. The largest absolute Gasteiger partial charge is 0.0925 e. The molecule has 0 saturated carbocycles. The van der Waals surface area contributed by atoms with Crippen molar-refractivity contribution in [2.75, 3.05) is 5.33 Å². The van der Waals surface area contributed by atoms with Crippen LogP contribution in [0.4, 0.5) is 0 Å². The molecule has 70 valence electrons. The highest BCUT2D eigenvalue weighted by atomic mass is 79.9. The van der Waals surface area contributed by atoms with Crippen molar-refractivity contribution in [1.29, 1.82) is 0 Å². The van der Waals surface area contributed by atoms with Crippen LogP contribution in [0.2, 0.25) is 0 Å². The number of rotatable bonds is 5. The van der Waals surface area contributed by atoms with E-state index >= 15 is 0 Å². The number of benzene rings is 1. The van der Waals surface area contributed by atoms with Crippen molar-refractivity contribution in [3.63, 3.8) is 0 Å². The van der Waals surface area contributed by atoms with Crippen molar-refractivity contribution in [2.24, 2.45) is 0 Å². The molecule has 0 aromatic heterocycles. The second-order valence-electron chi connectivity index (χ2n) is 2.97. The molecule has 0 unspecified atom stereocenters. The minimum atomic E-state index is 1.06. The Hall–Kier alpha value is -0.560. The molecule has 0 aliphatic heterocycles. The van der Waals surface area contributed by atoms with Crippen LogP contribution in [0.25, 0.3) is 0 Å². The van der Waals surface area contributed by atoms with Gasteiger partial charge in [-0.05, 0) is 24.8 Å². The van der Waals surface area contributed by atoms with Gasteiger partial charge in [-0.1, -0.05) is 58.4 Å². The number of aryl methyl sites for hydroxylation is 1. The predicted molar refractivity (Wildman–Crippen MR) is 62.3 cm³/mol. The summed E-state index contributed by atoms with van der Waals surface area (Å²) in [5.74, 6) is 0. The Kier molecular flexibility index (Phi) is 5.59. The third kappa shape index (κ3) is 4.89. The van der Waals surface area contributed by atoms with Crippen molar-refractivity contribution < 1.29 is 0 Å². The van der Waals surface area contributed by atoms with E-state index in [9.17, 15) is 0 Å². The molecular weight excluding hydrogens is 224 g/mol. The summed E-state index contributed by atoms with van der Waals surface area (Å²) in [5.41, 5.74) is 1.42. The average Bonchev–Trinajstić information content (AvgIpc) is 2.19. The highest BCUT2D eigenvalue weighted by Crippen LogP contribution is 2.03. The van der Waals surface area contributed by atoms with Crippen LogP contribution in [-0.2, 0) is 6.42 Å². The van der Waals surface area contributed by atoms with E-state index in [-0.39, 0.29) is 0 Å². The van der Waals surface area contributed by atoms with E-state index in [4.69, 9.17) is 0 Å². The normalized spacial score (nSPS) is 10.8. The van der Waals surface area contributed by atoms with Crippen LogP contribution in [0, 0.1) is 0 Å². The second-order valence-corrected chi connectivity index (χ2v) is 3.77. The molecule has 13 heavy (non-hydrogen) atoms. The zero-order valence-corrected chi connectivity index (χ0v) is 9.33. The van der Waals surface area contributed by atoms with Crippen LogP contribution in [0.3, 0.4) is 0 Å². The standard InChI is InChI=1S/C12H15Br/c13-11-7-2-1-4-8-12-9-5-3-6-10-12/h1-3,5-6,9-10H,4,7-8,11H2. The summed E-state index contributed by atoms with van der Waals surface area (Å²) in [7, 11) is 0. The fourth-order valence-electron chi connectivity index (χ4n) is 1.19. The monoisotopic (exact) mass is 238 g/mol. The molecule has 0 atom stereocenters. The fraction of sp³-hybridized carbons (Fsp3) is 0.333. The summed E-state index contributed by atoms with van der Waals surface area (Å²) in [5, 5.41) is 1.06. The van der Waals surface area contributed by atoms with Gasteiger partial charge in [-0.25, -0.2) is 0 Å². The molecule has 0 radical (unpaired) electrons. The topological polar surface area (TPSA) is 0 Å². The first-order chi connectivity index (χ1) is 6.43. The maximum Gasteiger partial charge on any atom is 0.00659 e. The molecule has 0 aliphatic rings. The van der Waals surface area contributed by atoms with Crippen LogP contribution >= 0.6 is 15.9 Å². The Morgan fingerprint density at radius 1 is 1.00 bits per heavy atom. The van der Waals surface area contributed by atoms with Crippen LogP contribution in [0.5, 0.6) is 0 Å². The molecule has 1 rings (SSSR count). The predicted octanol–water partition coefficient (Wildman–Crippen LogP) is 3.96. The lowest BCUT2D eigenvalue weighted by atomic mass is 10.1. The van der Waals surface area contributed by atoms with Gasteiger partial charge in [0.2, 0.25) is 0 Å². The molecule has 0 N–H and O–H groups in total. The highest BCUT2D eigenvalue weighted by molar-refractivity contribution is 9.09. The van der Waals surface area contributed by atoms with Crippen molar-refractivity contribution in [3.05, 3.63) is 48.0 Å². The first-order valence-corrected chi connectivity index (χ1v) is 5.80. The van der Waals surface area contributed by atoms with Crippen molar-refractivity contribution in [2.45, 2.75) is 19.3 Å². The van der Waals surface area contributed by atoms with E-state index in [0.29, 0.717) is 0 Å². The van der Waals surface area contributed by atoms with Crippen LogP contribution in [0.15, 0.2) is 42.5 Å². The van der Waals surface area contributed by atoms with Crippen molar-refractivity contribution >= 4 is 15.9 Å². The molecule has 1 aromatic rings. The zero-order chi connectivity index (χ0) is 9.36. The number of hydrogen-bond donors (Lipinski definition) is 0. The molecule has 0 fully saturated rings. The summed E-state index contributed by atoms with van der Waals surface area (Å²) < 4.78 is 0. The molecule has 0 heterocycles. The number of hydrogen-bond acceptors (Lipinski definition) is 0. The van der Waals surface area contributed by atoms with E-state index < -0.39 is 0 Å². The second kappa shape index (κ2) is 6.90. The summed E-state index contributed by atoms with van der Waals surface area (Å²) in [4.78, 5) is 0. The van der Waals surface area contributed by atoms with Gasteiger partial charge in [-0.15, -0.1) is 0 Å². The Morgan fingerprint density at radius 3 is 2.38 bits per heavy atom. The number of alkyl halides is 1. The summed E-state index contributed by atoms with van der Waals surface area (Å²) >= 11 is 3.40. The van der Waals surface area contributed by atoms with E-state index in [1.165, 1.54) is 5.56 Å². The average molecular weight is 239 g/mol. The van der Waals surface area contributed by atoms with Gasteiger partial charge in [-0.3, -0.25) is 0 Å². The van der Waals surface area contributed by atoms with Gasteiger partial charge < -0.3 is 0 Å².